The smallest absolute Gasteiger partial charge is 0.319 e. The van der Waals surface area contributed by atoms with Gasteiger partial charge in [-0.25, -0.2) is 4.98 Å². The van der Waals surface area contributed by atoms with Crippen molar-refractivity contribution in [3.63, 3.8) is 0 Å². The van der Waals surface area contributed by atoms with Gasteiger partial charge < -0.3 is 4.90 Å². The molecule has 1 amide bonds. The summed E-state index contributed by atoms with van der Waals surface area (Å²) in [5.74, 6) is -0.417. The van der Waals surface area contributed by atoms with Gasteiger partial charge in [0.25, 0.3) is 5.91 Å². The van der Waals surface area contributed by atoms with Crippen LogP contribution >= 0.6 is 11.6 Å². The minimum absolute atomic E-state index is 0.0291. The van der Waals surface area contributed by atoms with E-state index in [2.05, 4.69) is 4.98 Å². The molecule has 0 aliphatic heterocycles. The number of aromatic nitrogens is 1. The predicted molar refractivity (Wildman–Crippen MR) is 67.8 cm³/mol. The van der Waals surface area contributed by atoms with Crippen LogP contribution in [0.1, 0.15) is 30.1 Å². The van der Waals surface area contributed by atoms with E-state index in [1.165, 1.54) is 17.2 Å². The highest BCUT2D eigenvalue weighted by molar-refractivity contribution is 6.32. The van der Waals surface area contributed by atoms with E-state index in [1.807, 2.05) is 6.92 Å². The van der Waals surface area contributed by atoms with Crippen LogP contribution in [-0.4, -0.2) is 34.3 Å². The number of carbonyl (C=O) groups excluding carboxylic acids is 1. The van der Waals surface area contributed by atoms with Crippen LogP contribution in [0.4, 0.5) is 5.69 Å². The van der Waals surface area contributed by atoms with Crippen LogP contribution in [0.15, 0.2) is 12.3 Å². The van der Waals surface area contributed by atoms with E-state index in [0.29, 0.717) is 6.54 Å². The molecule has 18 heavy (non-hydrogen) atoms. The third-order valence-electron chi connectivity index (χ3n) is 2.49. The van der Waals surface area contributed by atoms with E-state index in [0.717, 1.165) is 12.8 Å². The molecule has 0 saturated heterocycles. The van der Waals surface area contributed by atoms with E-state index in [-0.39, 0.29) is 10.7 Å². The molecule has 0 aromatic carbocycles. The molecular formula is C11H14ClN3O3. The standard InChI is InChI=1S/C11H14ClN3O3/c1-3-4-7-14(2)11(16)8-5-6-13-10(12)9(8)15(17)18/h5-6H,3-4,7H2,1-2H3. The molecule has 1 heterocycles. The molecule has 0 saturated carbocycles. The maximum absolute atomic E-state index is 12.1. The molecule has 0 radical (unpaired) electrons. The highest BCUT2D eigenvalue weighted by atomic mass is 35.5. The van der Waals surface area contributed by atoms with E-state index < -0.39 is 16.5 Å². The lowest BCUT2D eigenvalue weighted by Crippen LogP contribution is -2.28. The fraction of sp³-hybridized carbons (Fsp3) is 0.455. The van der Waals surface area contributed by atoms with Crippen LogP contribution < -0.4 is 0 Å². The minimum atomic E-state index is -0.684. The van der Waals surface area contributed by atoms with Crippen molar-refractivity contribution < 1.29 is 9.72 Å². The number of hydrogen-bond acceptors (Lipinski definition) is 4. The fourth-order valence-corrected chi connectivity index (χ4v) is 1.70. The van der Waals surface area contributed by atoms with Crippen LogP contribution in [0.25, 0.3) is 0 Å². The normalized spacial score (nSPS) is 10.2. The molecule has 0 bridgehead atoms. The summed E-state index contributed by atoms with van der Waals surface area (Å²) in [5.41, 5.74) is -0.467. The zero-order valence-electron chi connectivity index (χ0n) is 10.2. The minimum Gasteiger partial charge on any atom is -0.341 e. The van der Waals surface area contributed by atoms with Crippen molar-refractivity contribution in [1.82, 2.24) is 9.88 Å². The SMILES string of the molecule is CCCCN(C)C(=O)c1ccnc(Cl)c1[N+](=O)[O-]. The van der Waals surface area contributed by atoms with Gasteiger partial charge >= 0.3 is 5.69 Å². The number of unbranched alkanes of at least 4 members (excludes halogenated alkanes) is 1. The first-order chi connectivity index (χ1) is 8.49. The van der Waals surface area contributed by atoms with Gasteiger partial charge in [-0.2, -0.15) is 0 Å². The molecule has 6 nitrogen and oxygen atoms in total. The van der Waals surface area contributed by atoms with Gasteiger partial charge in [-0.15, -0.1) is 0 Å². The summed E-state index contributed by atoms with van der Waals surface area (Å²) < 4.78 is 0. The molecule has 1 aromatic rings. The van der Waals surface area contributed by atoms with Gasteiger partial charge in [0.05, 0.1) is 4.92 Å². The van der Waals surface area contributed by atoms with Gasteiger partial charge in [-0.05, 0) is 12.5 Å². The number of pyridine rings is 1. The molecule has 0 N–H and O–H groups in total. The summed E-state index contributed by atoms with van der Waals surface area (Å²) in [6.45, 7) is 2.55. The Kier molecular flexibility index (Phi) is 5.03. The maximum atomic E-state index is 12.1. The lowest BCUT2D eigenvalue weighted by molar-refractivity contribution is -0.385. The second kappa shape index (κ2) is 6.30. The maximum Gasteiger partial charge on any atom is 0.319 e. The van der Waals surface area contributed by atoms with Crippen LogP contribution in [0.5, 0.6) is 0 Å². The molecular weight excluding hydrogens is 258 g/mol. The predicted octanol–water partition coefficient (Wildman–Crippen LogP) is 2.52. The Labute approximate surface area is 110 Å². The Balaban J connectivity index is 3.05. The van der Waals surface area contributed by atoms with Crippen LogP contribution in [-0.2, 0) is 0 Å². The first-order valence-corrected chi connectivity index (χ1v) is 5.91. The molecule has 7 heteroatoms. The van der Waals surface area contributed by atoms with E-state index >= 15 is 0 Å². The van der Waals surface area contributed by atoms with Crippen molar-refractivity contribution in [2.45, 2.75) is 19.8 Å². The molecule has 0 unspecified atom stereocenters. The van der Waals surface area contributed by atoms with Gasteiger partial charge in [0, 0.05) is 19.8 Å². The molecule has 0 atom stereocenters. The Morgan fingerprint density at radius 3 is 2.83 bits per heavy atom. The fourth-order valence-electron chi connectivity index (χ4n) is 1.48. The zero-order valence-corrected chi connectivity index (χ0v) is 11.0. The first-order valence-electron chi connectivity index (χ1n) is 5.53. The number of amides is 1. The van der Waals surface area contributed by atoms with E-state index in [9.17, 15) is 14.9 Å². The number of nitrogens with zero attached hydrogens (tertiary/aromatic N) is 3. The second-order valence-corrected chi connectivity index (χ2v) is 4.19. The van der Waals surface area contributed by atoms with Crippen molar-refractivity contribution in [2.24, 2.45) is 0 Å². The zero-order chi connectivity index (χ0) is 13.7. The Morgan fingerprint density at radius 1 is 1.61 bits per heavy atom. The lowest BCUT2D eigenvalue weighted by Gasteiger charge is -2.16. The largest absolute Gasteiger partial charge is 0.341 e. The van der Waals surface area contributed by atoms with E-state index in [4.69, 9.17) is 11.6 Å². The summed E-state index contributed by atoms with van der Waals surface area (Å²) in [6, 6.07) is 1.31. The Morgan fingerprint density at radius 2 is 2.28 bits per heavy atom. The average Bonchev–Trinajstić information content (AvgIpc) is 2.34. The monoisotopic (exact) mass is 271 g/mol. The van der Waals surface area contributed by atoms with Crippen molar-refractivity contribution in [3.8, 4) is 0 Å². The Hall–Kier alpha value is -1.69. The average molecular weight is 272 g/mol. The van der Waals surface area contributed by atoms with Gasteiger partial charge in [-0.3, -0.25) is 14.9 Å². The van der Waals surface area contributed by atoms with Crippen LogP contribution in [0.3, 0.4) is 0 Å². The number of carbonyl (C=O) groups is 1. The van der Waals surface area contributed by atoms with E-state index in [1.54, 1.807) is 7.05 Å². The summed E-state index contributed by atoms with van der Waals surface area (Å²) in [4.78, 5) is 27.3. The summed E-state index contributed by atoms with van der Waals surface area (Å²) in [7, 11) is 1.61. The molecule has 0 spiro atoms. The third kappa shape index (κ3) is 3.16. The molecule has 0 aliphatic carbocycles. The van der Waals surface area contributed by atoms with Crippen molar-refractivity contribution in [3.05, 3.63) is 33.1 Å². The number of nitro groups is 1. The molecule has 0 fully saturated rings. The molecule has 1 aromatic heterocycles. The van der Waals surface area contributed by atoms with Crippen LogP contribution in [0.2, 0.25) is 5.15 Å². The number of hydrogen-bond donors (Lipinski definition) is 0. The van der Waals surface area contributed by atoms with Gasteiger partial charge in [0.2, 0.25) is 5.15 Å². The number of rotatable bonds is 5. The molecule has 0 aliphatic rings. The quantitative estimate of drug-likeness (QED) is 0.468. The van der Waals surface area contributed by atoms with Crippen molar-refractivity contribution in [2.75, 3.05) is 13.6 Å². The van der Waals surface area contributed by atoms with Crippen LogP contribution in [0, 0.1) is 10.1 Å². The molecule has 98 valence electrons. The third-order valence-corrected chi connectivity index (χ3v) is 2.76. The topological polar surface area (TPSA) is 76.3 Å². The number of halogens is 1. The highest BCUT2D eigenvalue weighted by Crippen LogP contribution is 2.26. The second-order valence-electron chi connectivity index (χ2n) is 3.84. The Bertz CT molecular complexity index is 465. The lowest BCUT2D eigenvalue weighted by atomic mass is 10.2. The highest BCUT2D eigenvalue weighted by Gasteiger charge is 2.26. The summed E-state index contributed by atoms with van der Waals surface area (Å²) in [6.07, 6.45) is 3.07. The van der Waals surface area contributed by atoms with Gasteiger partial charge in [0.1, 0.15) is 5.56 Å². The summed E-state index contributed by atoms with van der Waals surface area (Å²) >= 11 is 5.65. The van der Waals surface area contributed by atoms with Crippen molar-refractivity contribution in [1.29, 1.82) is 0 Å². The molecule has 1 rings (SSSR count). The van der Waals surface area contributed by atoms with Gasteiger partial charge in [0.15, 0.2) is 0 Å². The first kappa shape index (κ1) is 14.4. The van der Waals surface area contributed by atoms with Gasteiger partial charge in [-0.1, -0.05) is 24.9 Å². The summed E-state index contributed by atoms with van der Waals surface area (Å²) in [5, 5.41) is 10.6. The van der Waals surface area contributed by atoms with Crippen molar-refractivity contribution >= 4 is 23.2 Å².